The topological polar surface area (TPSA) is 80.4 Å². The van der Waals surface area contributed by atoms with Gasteiger partial charge in [0.25, 0.3) is 5.56 Å². The van der Waals surface area contributed by atoms with Crippen LogP contribution in [0.5, 0.6) is 0 Å². The highest BCUT2D eigenvalue weighted by atomic mass is 32.1. The second-order valence-corrected chi connectivity index (χ2v) is 8.36. The Morgan fingerprint density at radius 3 is 2.77 bits per heavy atom. The Labute approximate surface area is 174 Å². The highest BCUT2D eigenvalue weighted by molar-refractivity contribution is 7.08. The number of piperidine rings is 1. The number of aliphatic hydroxyl groups excluding tert-OH is 1. The zero-order valence-electron chi connectivity index (χ0n) is 16.2. The molecule has 30 heavy (non-hydrogen) atoms. The Morgan fingerprint density at radius 1 is 1.30 bits per heavy atom. The van der Waals surface area contributed by atoms with Crippen LogP contribution < -0.4 is 5.56 Å². The van der Waals surface area contributed by atoms with E-state index >= 15 is 0 Å². The first-order chi connectivity index (χ1) is 14.4. The molecule has 0 atom stereocenters. The number of halogens is 1. The smallest absolute Gasteiger partial charge is 0.328 e. The third-order valence-electron chi connectivity index (χ3n) is 5.62. The average Bonchev–Trinajstić information content (AvgIpc) is 3.37. The van der Waals surface area contributed by atoms with Gasteiger partial charge in [-0.1, -0.05) is 0 Å². The molecule has 3 aliphatic heterocycles. The monoisotopic (exact) mass is 426 g/mol. The molecule has 7 nitrogen and oxygen atoms in total. The Kier molecular flexibility index (Phi) is 4.44. The summed E-state index contributed by atoms with van der Waals surface area (Å²) in [5.41, 5.74) is 1.82. The number of carbonyl (C=O) groups is 1. The van der Waals surface area contributed by atoms with E-state index in [0.717, 1.165) is 0 Å². The molecule has 1 aromatic heterocycles. The number of rotatable bonds is 1. The van der Waals surface area contributed by atoms with Crippen molar-refractivity contribution < 1.29 is 14.3 Å². The number of hydrogen-bond donors (Lipinski definition) is 1. The van der Waals surface area contributed by atoms with Crippen LogP contribution in [0.3, 0.4) is 0 Å². The van der Waals surface area contributed by atoms with Crippen molar-refractivity contribution in [1.29, 1.82) is 0 Å². The summed E-state index contributed by atoms with van der Waals surface area (Å²) >= 11 is 1.45. The second kappa shape index (κ2) is 7.03. The summed E-state index contributed by atoms with van der Waals surface area (Å²) in [4.78, 5) is 28.0. The lowest BCUT2D eigenvalue weighted by atomic mass is 10.0. The molecule has 1 saturated heterocycles. The van der Waals surface area contributed by atoms with Gasteiger partial charge >= 0.3 is 6.03 Å². The van der Waals surface area contributed by atoms with Gasteiger partial charge in [0, 0.05) is 30.1 Å². The van der Waals surface area contributed by atoms with Crippen molar-refractivity contribution in [3.8, 4) is 16.9 Å². The Hall–Kier alpha value is -3.04. The van der Waals surface area contributed by atoms with E-state index in [-0.39, 0.29) is 11.6 Å². The predicted octanol–water partition coefficient (Wildman–Crippen LogP) is 3.23. The number of pyridine rings is 1. The summed E-state index contributed by atoms with van der Waals surface area (Å²) in [6, 6.07) is 4.39. The standard InChI is InChI=1S/C21H19FN4O3S/c1-12-8-15-18(9-17(12)22)25(21(29)24-5-2-14(27)3-6-24)10-16-19(15)23-26(20(16)28)13-4-7-30-11-13/h4,7-11,14,27H,2-3,5-6H2,1H3. The Bertz CT molecular complexity index is 1290. The molecule has 0 bridgehead atoms. The molecule has 0 saturated carbocycles. The van der Waals surface area contributed by atoms with E-state index in [1.807, 2.05) is 10.8 Å². The molecule has 1 N–H and O–H groups in total. The molecule has 1 amide bonds. The van der Waals surface area contributed by atoms with Gasteiger partial charge in [-0.15, -0.1) is 0 Å². The molecule has 154 valence electrons. The van der Waals surface area contributed by atoms with Crippen LogP contribution in [0.1, 0.15) is 18.4 Å². The molecule has 0 radical (unpaired) electrons. The molecular formula is C21H19FN4O3S. The lowest BCUT2D eigenvalue weighted by molar-refractivity contribution is 0.0943. The minimum Gasteiger partial charge on any atom is -0.393 e. The molecule has 0 spiro atoms. The van der Waals surface area contributed by atoms with Crippen LogP contribution in [0.2, 0.25) is 0 Å². The lowest BCUT2D eigenvalue weighted by Gasteiger charge is -2.30. The fourth-order valence-corrected chi connectivity index (χ4v) is 4.52. The fourth-order valence-electron chi connectivity index (χ4n) is 3.91. The van der Waals surface area contributed by atoms with Crippen molar-refractivity contribution in [2.45, 2.75) is 25.9 Å². The molecule has 5 rings (SSSR count). The van der Waals surface area contributed by atoms with E-state index in [1.54, 1.807) is 24.0 Å². The third kappa shape index (κ3) is 2.93. The number of aliphatic hydroxyl groups is 1. The first-order valence-corrected chi connectivity index (χ1v) is 10.6. The van der Waals surface area contributed by atoms with Crippen molar-refractivity contribution in [3.63, 3.8) is 0 Å². The minimum atomic E-state index is -0.433. The van der Waals surface area contributed by atoms with Gasteiger partial charge in [-0.2, -0.15) is 21.1 Å². The lowest BCUT2D eigenvalue weighted by Crippen LogP contribution is -2.42. The van der Waals surface area contributed by atoms with Gasteiger partial charge in [-0.05, 0) is 48.9 Å². The van der Waals surface area contributed by atoms with E-state index in [9.17, 15) is 19.1 Å². The number of benzene rings is 1. The molecular weight excluding hydrogens is 407 g/mol. The number of nitrogens with zero attached hydrogens (tertiary/aromatic N) is 4. The predicted molar refractivity (Wildman–Crippen MR) is 112 cm³/mol. The van der Waals surface area contributed by atoms with E-state index in [0.29, 0.717) is 59.3 Å². The van der Waals surface area contributed by atoms with Crippen LogP contribution in [0.4, 0.5) is 9.18 Å². The number of thiophene rings is 1. The van der Waals surface area contributed by atoms with E-state index in [4.69, 9.17) is 0 Å². The number of aryl methyl sites for hydroxylation is 1. The second-order valence-electron chi connectivity index (χ2n) is 7.58. The van der Waals surface area contributed by atoms with Gasteiger partial charge in [-0.25, -0.2) is 9.18 Å². The third-order valence-corrected chi connectivity index (χ3v) is 6.29. The zero-order valence-corrected chi connectivity index (χ0v) is 17.0. The maximum Gasteiger partial charge on any atom is 0.328 e. The SMILES string of the molecule is Cc1cc2c3nn(-c4ccsc4)c(=O)c-3cn(C(=O)N3CCC(O)CC3)c2cc1F. The Balaban J connectivity index is 1.76. The highest BCUT2D eigenvalue weighted by Gasteiger charge is 2.27. The maximum absolute atomic E-state index is 14.4. The summed E-state index contributed by atoms with van der Waals surface area (Å²) in [5, 5.41) is 18.5. The molecule has 1 aromatic carbocycles. The molecule has 4 heterocycles. The number of amides is 1. The van der Waals surface area contributed by atoms with Crippen LogP contribution in [0.15, 0.2) is 40.0 Å². The van der Waals surface area contributed by atoms with Crippen LogP contribution >= 0.6 is 11.3 Å². The largest absolute Gasteiger partial charge is 0.393 e. The van der Waals surface area contributed by atoms with Crippen molar-refractivity contribution in [3.05, 3.63) is 56.9 Å². The molecule has 3 aliphatic rings. The molecule has 1 fully saturated rings. The van der Waals surface area contributed by atoms with E-state index in [1.165, 1.54) is 32.8 Å². The van der Waals surface area contributed by atoms with Crippen LogP contribution in [-0.4, -0.2) is 49.6 Å². The van der Waals surface area contributed by atoms with Crippen LogP contribution in [0, 0.1) is 12.7 Å². The number of aromatic nitrogens is 3. The summed E-state index contributed by atoms with van der Waals surface area (Å²) in [7, 11) is 0. The highest BCUT2D eigenvalue weighted by Crippen LogP contribution is 2.31. The summed E-state index contributed by atoms with van der Waals surface area (Å²) in [5.74, 6) is -0.433. The Morgan fingerprint density at radius 2 is 2.07 bits per heavy atom. The van der Waals surface area contributed by atoms with Gasteiger partial charge in [0.2, 0.25) is 0 Å². The molecule has 9 heteroatoms. The van der Waals surface area contributed by atoms with Gasteiger partial charge in [0.15, 0.2) is 0 Å². The minimum absolute atomic E-state index is 0.296. The average molecular weight is 426 g/mol. The maximum atomic E-state index is 14.4. The number of likely N-dealkylation sites (tertiary alicyclic amines) is 1. The first-order valence-electron chi connectivity index (χ1n) is 9.68. The zero-order chi connectivity index (χ0) is 21.0. The van der Waals surface area contributed by atoms with Crippen LogP contribution in [-0.2, 0) is 0 Å². The van der Waals surface area contributed by atoms with Crippen molar-refractivity contribution in [2.24, 2.45) is 0 Å². The van der Waals surface area contributed by atoms with Gasteiger partial charge in [-0.3, -0.25) is 9.36 Å². The fraction of sp³-hybridized carbons (Fsp3) is 0.286. The van der Waals surface area contributed by atoms with Gasteiger partial charge in [0.1, 0.15) is 11.5 Å². The number of fused-ring (bicyclic) bond motifs is 3. The molecule has 0 aliphatic carbocycles. The van der Waals surface area contributed by atoms with Crippen molar-refractivity contribution in [2.75, 3.05) is 13.1 Å². The quantitative estimate of drug-likeness (QED) is 0.507. The first kappa shape index (κ1) is 19.0. The van der Waals surface area contributed by atoms with E-state index in [2.05, 4.69) is 5.10 Å². The summed E-state index contributed by atoms with van der Waals surface area (Å²) in [6.07, 6.45) is 2.01. The summed E-state index contributed by atoms with van der Waals surface area (Å²) < 4.78 is 17.1. The molecule has 2 aromatic rings. The van der Waals surface area contributed by atoms with Crippen molar-refractivity contribution in [1.82, 2.24) is 19.2 Å². The van der Waals surface area contributed by atoms with Crippen molar-refractivity contribution >= 4 is 28.3 Å². The van der Waals surface area contributed by atoms with Gasteiger partial charge in [0.05, 0.1) is 22.9 Å². The number of carbonyl (C=O) groups excluding carboxylic acids is 1. The van der Waals surface area contributed by atoms with Gasteiger partial charge < -0.3 is 10.0 Å². The van der Waals surface area contributed by atoms with E-state index < -0.39 is 11.9 Å². The molecule has 0 unspecified atom stereocenters. The number of hydrogen-bond acceptors (Lipinski definition) is 5. The normalized spacial score (nSPS) is 15.4. The summed E-state index contributed by atoms with van der Waals surface area (Å²) in [6.45, 7) is 2.44. The van der Waals surface area contributed by atoms with Crippen LogP contribution in [0.25, 0.3) is 27.8 Å².